The van der Waals surface area contributed by atoms with E-state index in [1.165, 1.54) is 30.2 Å². The second-order valence-electron chi connectivity index (χ2n) is 7.19. The van der Waals surface area contributed by atoms with Crippen LogP contribution >= 0.6 is 30.9 Å². The molecular formula is C20H29O5PS2. The minimum Gasteiger partial charge on any atom is -0.392 e. The van der Waals surface area contributed by atoms with E-state index in [4.69, 9.17) is 0 Å². The number of carbonyl (C=O) groups excluding carboxylic acids is 1. The zero-order chi connectivity index (χ0) is 20.6. The minimum atomic E-state index is -2.97. The van der Waals surface area contributed by atoms with E-state index in [1.807, 2.05) is 30.3 Å². The van der Waals surface area contributed by atoms with Crippen molar-refractivity contribution in [1.82, 2.24) is 0 Å². The quantitative estimate of drug-likeness (QED) is 0.274. The molecule has 2 rings (SSSR count). The third kappa shape index (κ3) is 8.44. The van der Waals surface area contributed by atoms with Gasteiger partial charge in [-0.05, 0) is 23.5 Å². The molecule has 0 aliphatic heterocycles. The van der Waals surface area contributed by atoms with Gasteiger partial charge >= 0.3 is 0 Å². The van der Waals surface area contributed by atoms with E-state index in [9.17, 15) is 24.5 Å². The summed E-state index contributed by atoms with van der Waals surface area (Å²) in [5.74, 6) is 1.28. The maximum Gasteiger partial charge on any atom is 0.207 e. The van der Waals surface area contributed by atoms with Crippen LogP contribution in [0.1, 0.15) is 18.4 Å². The Kier molecular flexibility index (Phi) is 9.81. The van der Waals surface area contributed by atoms with Crippen LogP contribution in [0.15, 0.2) is 42.5 Å². The van der Waals surface area contributed by atoms with Gasteiger partial charge in [0.15, 0.2) is 0 Å². The molecule has 0 amide bonds. The van der Waals surface area contributed by atoms with E-state index in [0.29, 0.717) is 6.42 Å². The fourth-order valence-corrected chi connectivity index (χ4v) is 6.84. The van der Waals surface area contributed by atoms with E-state index in [1.54, 1.807) is 12.2 Å². The lowest BCUT2D eigenvalue weighted by Gasteiger charge is -2.17. The summed E-state index contributed by atoms with van der Waals surface area (Å²) in [5.41, 5.74) is 1.29. The van der Waals surface area contributed by atoms with Crippen LogP contribution in [-0.4, -0.2) is 62.0 Å². The molecule has 1 aromatic carbocycles. The van der Waals surface area contributed by atoms with Gasteiger partial charge in [0.1, 0.15) is 5.78 Å². The van der Waals surface area contributed by atoms with Gasteiger partial charge in [-0.1, -0.05) is 42.5 Å². The van der Waals surface area contributed by atoms with Crippen LogP contribution < -0.4 is 0 Å². The lowest BCUT2D eigenvalue weighted by atomic mass is 10.0. The fourth-order valence-electron chi connectivity index (χ4n) is 3.09. The van der Waals surface area contributed by atoms with Gasteiger partial charge in [0.05, 0.1) is 23.0 Å². The first-order valence-electron chi connectivity index (χ1n) is 9.36. The number of carbonyl (C=O) groups is 1. The molecule has 1 aliphatic carbocycles. The van der Waals surface area contributed by atoms with Gasteiger partial charge in [-0.3, -0.25) is 9.36 Å². The van der Waals surface area contributed by atoms with E-state index < -0.39 is 19.6 Å². The van der Waals surface area contributed by atoms with Gasteiger partial charge in [-0.25, -0.2) is 0 Å². The SMILES string of the molecule is CP(=O)(O)CSCCCS[C@H]1C(=O)CC(O)[C@@H]1/C=C/[C@@H](O)Cc1ccccc1. The molecule has 156 valence electrons. The molecule has 0 spiro atoms. The zero-order valence-electron chi connectivity index (χ0n) is 16.0. The molecule has 5 nitrogen and oxygen atoms in total. The topological polar surface area (TPSA) is 94.8 Å². The van der Waals surface area contributed by atoms with Crippen molar-refractivity contribution in [3.63, 3.8) is 0 Å². The number of Topliss-reactive ketones (excluding diaryl/α,β-unsaturated/α-hetero) is 1. The third-order valence-corrected chi connectivity index (χ3v) is 9.11. The minimum absolute atomic E-state index is 0.0470. The van der Waals surface area contributed by atoms with Crippen LogP contribution in [0.25, 0.3) is 0 Å². The molecule has 1 aromatic rings. The predicted octanol–water partition coefficient (Wildman–Crippen LogP) is 3.18. The first-order chi connectivity index (χ1) is 13.3. The molecule has 3 N–H and O–H groups in total. The zero-order valence-corrected chi connectivity index (χ0v) is 18.5. The monoisotopic (exact) mass is 444 g/mol. The largest absolute Gasteiger partial charge is 0.392 e. The molecule has 5 atom stereocenters. The van der Waals surface area contributed by atoms with Crippen molar-refractivity contribution in [2.24, 2.45) is 5.92 Å². The molecule has 8 heteroatoms. The summed E-state index contributed by atoms with van der Waals surface area (Å²) in [6.07, 6.45) is 3.59. The summed E-state index contributed by atoms with van der Waals surface area (Å²) >= 11 is 2.98. The van der Waals surface area contributed by atoms with Gasteiger partial charge in [0.25, 0.3) is 0 Å². The Morgan fingerprint density at radius 2 is 2.00 bits per heavy atom. The lowest BCUT2D eigenvalue weighted by molar-refractivity contribution is -0.117. The Labute approximate surface area is 175 Å². The smallest absolute Gasteiger partial charge is 0.207 e. The third-order valence-electron chi connectivity index (χ3n) is 4.43. The van der Waals surface area contributed by atoms with Crippen molar-refractivity contribution >= 4 is 36.7 Å². The standard InChI is InChI=1S/C20H29O5PS2/c1-26(24,25)14-27-10-5-11-28-20-17(18(22)13-19(20)23)9-8-16(21)12-15-6-3-2-4-7-15/h2-4,6-9,16-18,20-22H,5,10-14H2,1H3,(H,24,25)/b9-8+/t16-,17+,18?,20-/m1/s1. The summed E-state index contributed by atoms with van der Waals surface area (Å²) in [7, 11) is -2.97. The van der Waals surface area contributed by atoms with Crippen molar-refractivity contribution in [2.45, 2.75) is 36.7 Å². The average molecular weight is 445 g/mol. The number of aliphatic hydroxyl groups excluding tert-OH is 2. The molecule has 2 unspecified atom stereocenters. The molecule has 0 aromatic heterocycles. The number of thioether (sulfide) groups is 2. The van der Waals surface area contributed by atoms with Gasteiger partial charge < -0.3 is 15.1 Å². The van der Waals surface area contributed by atoms with Crippen molar-refractivity contribution in [3.05, 3.63) is 48.0 Å². The molecule has 0 saturated heterocycles. The van der Waals surface area contributed by atoms with Crippen LogP contribution in [0.3, 0.4) is 0 Å². The van der Waals surface area contributed by atoms with E-state index >= 15 is 0 Å². The first kappa shape index (κ1) is 23.7. The Hall–Kier alpha value is -0.560. The summed E-state index contributed by atoms with van der Waals surface area (Å²) in [4.78, 5) is 21.5. The first-order valence-corrected chi connectivity index (χ1v) is 13.9. The fraction of sp³-hybridized carbons (Fsp3) is 0.550. The summed E-state index contributed by atoms with van der Waals surface area (Å²) in [5, 5.41) is 20.2. The average Bonchev–Trinajstić information content (AvgIpc) is 2.89. The van der Waals surface area contributed by atoms with Crippen LogP contribution in [0.5, 0.6) is 0 Å². The lowest BCUT2D eigenvalue weighted by Crippen LogP contribution is -2.22. The Morgan fingerprint density at radius 1 is 1.29 bits per heavy atom. The van der Waals surface area contributed by atoms with Crippen LogP contribution in [0.2, 0.25) is 0 Å². The van der Waals surface area contributed by atoms with Crippen LogP contribution in [0.4, 0.5) is 0 Å². The van der Waals surface area contributed by atoms with E-state index in [2.05, 4.69) is 0 Å². The van der Waals surface area contributed by atoms with Crippen molar-refractivity contribution in [2.75, 3.05) is 23.7 Å². The van der Waals surface area contributed by atoms with E-state index in [0.717, 1.165) is 23.5 Å². The summed E-state index contributed by atoms with van der Waals surface area (Å²) in [6.45, 7) is 1.36. The molecule has 1 aliphatic rings. The van der Waals surface area contributed by atoms with Crippen LogP contribution in [0, 0.1) is 5.92 Å². The highest BCUT2D eigenvalue weighted by atomic mass is 32.2. The van der Waals surface area contributed by atoms with Crippen molar-refractivity contribution in [1.29, 1.82) is 0 Å². The van der Waals surface area contributed by atoms with Gasteiger partial charge in [0.2, 0.25) is 7.37 Å². The normalized spacial score (nSPS) is 25.9. The van der Waals surface area contributed by atoms with Gasteiger partial charge in [0, 0.05) is 25.4 Å². The van der Waals surface area contributed by atoms with E-state index in [-0.39, 0.29) is 28.9 Å². The number of rotatable bonds is 11. The number of aliphatic hydroxyl groups is 2. The number of hydrogen-bond donors (Lipinski definition) is 3. The molecule has 1 saturated carbocycles. The van der Waals surface area contributed by atoms with Gasteiger partial charge in [-0.2, -0.15) is 11.8 Å². The van der Waals surface area contributed by atoms with Crippen molar-refractivity contribution < 1.29 is 24.5 Å². The molecule has 1 fully saturated rings. The Balaban J connectivity index is 1.80. The number of hydrogen-bond acceptors (Lipinski definition) is 6. The Morgan fingerprint density at radius 3 is 2.68 bits per heavy atom. The summed E-state index contributed by atoms with van der Waals surface area (Å²) in [6, 6.07) is 9.69. The molecule has 0 heterocycles. The second-order valence-corrected chi connectivity index (χ2v) is 12.4. The highest BCUT2D eigenvalue weighted by Crippen LogP contribution is 2.39. The van der Waals surface area contributed by atoms with Crippen molar-refractivity contribution in [3.8, 4) is 0 Å². The molecular weight excluding hydrogens is 415 g/mol. The number of benzene rings is 1. The number of ketones is 1. The Bertz CT molecular complexity index is 691. The second kappa shape index (κ2) is 11.6. The molecule has 28 heavy (non-hydrogen) atoms. The maximum absolute atomic E-state index is 12.2. The summed E-state index contributed by atoms with van der Waals surface area (Å²) < 4.78 is 11.2. The van der Waals surface area contributed by atoms with Crippen LogP contribution in [-0.2, 0) is 15.8 Å². The van der Waals surface area contributed by atoms with Gasteiger partial charge in [-0.15, -0.1) is 11.8 Å². The molecule has 0 radical (unpaired) electrons. The molecule has 0 bridgehead atoms. The maximum atomic E-state index is 12.2. The predicted molar refractivity (Wildman–Crippen MR) is 118 cm³/mol. The highest BCUT2D eigenvalue weighted by molar-refractivity contribution is 8.05. The highest BCUT2D eigenvalue weighted by Gasteiger charge is 2.40.